The first-order chi connectivity index (χ1) is 12.5. The van der Waals surface area contributed by atoms with Crippen molar-refractivity contribution in [3.8, 4) is 17.1 Å². The molecule has 0 unspecified atom stereocenters. The van der Waals surface area contributed by atoms with Gasteiger partial charge in [0.15, 0.2) is 5.82 Å². The highest BCUT2D eigenvalue weighted by Gasteiger charge is 2.32. The highest BCUT2D eigenvalue weighted by atomic mass is 32.2. The number of hydrogen-bond acceptors (Lipinski definition) is 5. The van der Waals surface area contributed by atoms with Crippen LogP contribution in [0.25, 0.3) is 11.4 Å². The topological polar surface area (TPSA) is 71.1 Å². The van der Waals surface area contributed by atoms with Crippen molar-refractivity contribution >= 4 is 17.7 Å². The molecule has 2 aromatic rings. The quantitative estimate of drug-likeness (QED) is 0.807. The van der Waals surface area contributed by atoms with E-state index in [1.165, 1.54) is 18.2 Å². The lowest BCUT2D eigenvalue weighted by molar-refractivity contribution is -0.136. The number of nitrogens with zero attached hydrogens (tertiary/aromatic N) is 3. The molecule has 7 heteroatoms. The van der Waals surface area contributed by atoms with Gasteiger partial charge in [-0.1, -0.05) is 11.8 Å². The fraction of sp³-hybridized carbons (Fsp3) is 0.526. The number of nitrogens with one attached hydrogen (secondary N) is 1. The Balaban J connectivity index is 1.67. The molecule has 140 valence electrons. The Labute approximate surface area is 158 Å². The highest BCUT2D eigenvalue weighted by molar-refractivity contribution is 8.00. The molecule has 1 amide bonds. The lowest BCUT2D eigenvalue weighted by Crippen LogP contribution is -2.50. The Hall–Kier alpha value is -2.02. The minimum atomic E-state index is -0.211. The lowest BCUT2D eigenvalue weighted by atomic mass is 9.97. The smallest absolute Gasteiger partial charge is 0.236 e. The number of benzene rings is 1. The van der Waals surface area contributed by atoms with E-state index in [1.807, 2.05) is 36.1 Å². The number of carbonyl (C=O) groups is 1. The molecular formula is C19H26N4O2S. The maximum Gasteiger partial charge on any atom is 0.236 e. The summed E-state index contributed by atoms with van der Waals surface area (Å²) >= 11 is 1.40. The van der Waals surface area contributed by atoms with E-state index in [9.17, 15) is 4.79 Å². The maximum absolute atomic E-state index is 12.9. The number of likely N-dealkylation sites (tertiary alicyclic amines) is 1. The van der Waals surface area contributed by atoms with Crippen molar-refractivity contribution in [3.63, 3.8) is 0 Å². The van der Waals surface area contributed by atoms with E-state index in [0.717, 1.165) is 24.2 Å². The number of amides is 1. The minimum Gasteiger partial charge on any atom is -0.497 e. The van der Waals surface area contributed by atoms with Gasteiger partial charge in [0, 0.05) is 17.6 Å². The van der Waals surface area contributed by atoms with Crippen LogP contribution in [0.2, 0.25) is 0 Å². The number of carbonyl (C=O) groups excluding carboxylic acids is 1. The minimum absolute atomic E-state index is 0.172. The molecule has 0 radical (unpaired) electrons. The number of H-pyrrole nitrogens is 1. The molecule has 3 atom stereocenters. The summed E-state index contributed by atoms with van der Waals surface area (Å²) in [6.07, 6.45) is 3.35. The van der Waals surface area contributed by atoms with Crippen LogP contribution in [0.1, 0.15) is 40.0 Å². The van der Waals surface area contributed by atoms with Crippen LogP contribution in [0.4, 0.5) is 0 Å². The van der Waals surface area contributed by atoms with Gasteiger partial charge >= 0.3 is 0 Å². The molecule has 1 N–H and O–H groups in total. The zero-order valence-electron chi connectivity index (χ0n) is 15.7. The van der Waals surface area contributed by atoms with E-state index in [-0.39, 0.29) is 11.2 Å². The number of piperidine rings is 1. The van der Waals surface area contributed by atoms with Gasteiger partial charge < -0.3 is 9.64 Å². The first-order valence-electron chi connectivity index (χ1n) is 9.05. The van der Waals surface area contributed by atoms with Gasteiger partial charge in [-0.3, -0.25) is 9.89 Å². The van der Waals surface area contributed by atoms with E-state index in [1.54, 1.807) is 7.11 Å². The number of ether oxygens (including phenoxy) is 1. The summed E-state index contributed by atoms with van der Waals surface area (Å²) in [7, 11) is 1.64. The molecular weight excluding hydrogens is 348 g/mol. The van der Waals surface area contributed by atoms with Crippen molar-refractivity contribution in [2.24, 2.45) is 0 Å². The molecule has 0 aliphatic carbocycles. The van der Waals surface area contributed by atoms with Gasteiger partial charge in [-0.15, -0.1) is 5.10 Å². The molecule has 1 aliphatic rings. The largest absolute Gasteiger partial charge is 0.497 e. The summed E-state index contributed by atoms with van der Waals surface area (Å²) in [6, 6.07) is 8.23. The number of aromatic nitrogens is 3. The van der Waals surface area contributed by atoms with Gasteiger partial charge in [-0.05, 0) is 64.3 Å². The summed E-state index contributed by atoms with van der Waals surface area (Å²) < 4.78 is 5.17. The molecule has 1 fully saturated rings. The number of hydrogen-bond donors (Lipinski definition) is 1. The number of aromatic amines is 1. The maximum atomic E-state index is 12.9. The molecule has 0 bridgehead atoms. The zero-order chi connectivity index (χ0) is 18.7. The fourth-order valence-electron chi connectivity index (χ4n) is 3.45. The molecule has 1 aromatic heterocycles. The molecule has 26 heavy (non-hydrogen) atoms. The Bertz CT molecular complexity index is 736. The van der Waals surface area contributed by atoms with Crippen LogP contribution in [-0.2, 0) is 4.79 Å². The third-order valence-corrected chi connectivity index (χ3v) is 5.85. The molecule has 1 saturated heterocycles. The standard InChI is InChI=1S/C19H26N4O2S/c1-12-6-5-7-13(2)23(12)18(24)14(3)26-19-20-17(21-22-19)15-8-10-16(25-4)11-9-15/h8-14H,5-7H2,1-4H3,(H,20,21,22)/t12-,13-,14+/m0/s1. The van der Waals surface area contributed by atoms with Gasteiger partial charge in [-0.2, -0.15) is 0 Å². The molecule has 6 nitrogen and oxygen atoms in total. The van der Waals surface area contributed by atoms with Crippen LogP contribution in [0.5, 0.6) is 5.75 Å². The third kappa shape index (κ3) is 4.03. The van der Waals surface area contributed by atoms with Crippen molar-refractivity contribution in [1.82, 2.24) is 20.1 Å². The van der Waals surface area contributed by atoms with E-state index in [0.29, 0.717) is 23.1 Å². The zero-order valence-corrected chi connectivity index (χ0v) is 16.5. The summed E-state index contributed by atoms with van der Waals surface area (Å²) in [5, 5.41) is 7.60. The molecule has 0 spiro atoms. The van der Waals surface area contributed by atoms with Crippen LogP contribution in [0.3, 0.4) is 0 Å². The molecule has 3 rings (SSSR count). The first kappa shape index (κ1) is 18.8. The first-order valence-corrected chi connectivity index (χ1v) is 9.93. The van der Waals surface area contributed by atoms with Gasteiger partial charge in [0.2, 0.25) is 11.1 Å². The van der Waals surface area contributed by atoms with Crippen LogP contribution < -0.4 is 4.74 Å². The van der Waals surface area contributed by atoms with Crippen LogP contribution >= 0.6 is 11.8 Å². The summed E-state index contributed by atoms with van der Waals surface area (Å²) in [5.74, 6) is 1.66. The normalized spacial score (nSPS) is 21.5. The molecule has 0 saturated carbocycles. The highest BCUT2D eigenvalue weighted by Crippen LogP contribution is 2.29. The van der Waals surface area contributed by atoms with E-state index >= 15 is 0 Å². The third-order valence-electron chi connectivity index (χ3n) is 4.91. The Morgan fingerprint density at radius 3 is 2.54 bits per heavy atom. The summed E-state index contributed by atoms with van der Waals surface area (Å²) in [4.78, 5) is 19.5. The predicted molar refractivity (Wildman–Crippen MR) is 103 cm³/mol. The van der Waals surface area contributed by atoms with Gasteiger partial charge in [0.25, 0.3) is 0 Å². The SMILES string of the molecule is COc1ccc(-c2nc(S[C@H](C)C(=O)N3[C@@H](C)CCC[C@@H]3C)n[nH]2)cc1. The Kier molecular flexibility index (Phi) is 5.86. The van der Waals surface area contributed by atoms with Crippen molar-refractivity contribution in [3.05, 3.63) is 24.3 Å². The molecule has 1 aliphatic heterocycles. The molecule has 2 heterocycles. The van der Waals surface area contributed by atoms with Crippen molar-refractivity contribution in [2.45, 2.75) is 62.5 Å². The second-order valence-electron chi connectivity index (χ2n) is 6.83. The van der Waals surface area contributed by atoms with Crippen molar-refractivity contribution in [1.29, 1.82) is 0 Å². The number of methoxy groups -OCH3 is 1. The lowest BCUT2D eigenvalue weighted by Gasteiger charge is -2.40. The fourth-order valence-corrected chi connectivity index (χ4v) is 4.23. The van der Waals surface area contributed by atoms with Crippen molar-refractivity contribution in [2.75, 3.05) is 7.11 Å². The van der Waals surface area contributed by atoms with Gasteiger partial charge in [0.05, 0.1) is 12.4 Å². The predicted octanol–water partition coefficient (Wildman–Crippen LogP) is 3.75. The van der Waals surface area contributed by atoms with Crippen LogP contribution in [0.15, 0.2) is 29.4 Å². The van der Waals surface area contributed by atoms with Gasteiger partial charge in [-0.25, -0.2) is 4.98 Å². The second-order valence-corrected chi connectivity index (χ2v) is 8.14. The summed E-state index contributed by atoms with van der Waals surface area (Å²) in [5.41, 5.74) is 0.933. The summed E-state index contributed by atoms with van der Waals surface area (Å²) in [6.45, 7) is 6.21. The van der Waals surface area contributed by atoms with Crippen LogP contribution in [0, 0.1) is 0 Å². The van der Waals surface area contributed by atoms with Gasteiger partial charge in [0.1, 0.15) is 5.75 Å². The Morgan fingerprint density at radius 1 is 1.27 bits per heavy atom. The van der Waals surface area contributed by atoms with E-state index < -0.39 is 0 Å². The average molecular weight is 375 g/mol. The number of thioether (sulfide) groups is 1. The van der Waals surface area contributed by atoms with Crippen LogP contribution in [-0.4, -0.2) is 50.4 Å². The van der Waals surface area contributed by atoms with E-state index in [4.69, 9.17) is 4.74 Å². The average Bonchev–Trinajstić information content (AvgIpc) is 3.10. The Morgan fingerprint density at radius 2 is 1.92 bits per heavy atom. The number of rotatable bonds is 5. The molecule has 1 aromatic carbocycles. The second kappa shape index (κ2) is 8.12. The van der Waals surface area contributed by atoms with Crippen molar-refractivity contribution < 1.29 is 9.53 Å². The van der Waals surface area contributed by atoms with E-state index in [2.05, 4.69) is 29.0 Å². The monoisotopic (exact) mass is 374 g/mol.